The molecule has 0 radical (unpaired) electrons. The highest BCUT2D eigenvalue weighted by Crippen LogP contribution is 2.38. The van der Waals surface area contributed by atoms with Crippen LogP contribution in [0, 0.1) is 5.82 Å². The number of fused-ring (bicyclic) bond motifs is 1. The normalized spacial score (nSPS) is 18.9. The van der Waals surface area contributed by atoms with E-state index in [-0.39, 0.29) is 17.5 Å². The van der Waals surface area contributed by atoms with Crippen LogP contribution in [-0.2, 0) is 4.74 Å². The number of nitrogens with zero attached hydrogens (tertiary/aromatic N) is 2. The van der Waals surface area contributed by atoms with Gasteiger partial charge in [-0.15, -0.1) is 0 Å². The Morgan fingerprint density at radius 3 is 2.87 bits per heavy atom. The van der Waals surface area contributed by atoms with Crippen LogP contribution in [0.5, 0.6) is 0 Å². The summed E-state index contributed by atoms with van der Waals surface area (Å²) in [6, 6.07) is 2.76. The minimum Gasteiger partial charge on any atom is -0.450 e. The maximum Gasteiger partial charge on any atom is 0.409 e. The molecule has 124 valence electrons. The Labute approximate surface area is 138 Å². The summed E-state index contributed by atoms with van der Waals surface area (Å²) in [4.78, 5) is 17.9. The van der Waals surface area contributed by atoms with E-state index >= 15 is 0 Å². The molecule has 1 aromatic carbocycles. The minimum absolute atomic E-state index is 0.128. The van der Waals surface area contributed by atoms with E-state index in [1.165, 1.54) is 12.1 Å². The van der Waals surface area contributed by atoms with Crippen LogP contribution in [0.2, 0.25) is 5.02 Å². The Morgan fingerprint density at radius 2 is 2.22 bits per heavy atom. The molecule has 1 spiro atoms. The molecule has 2 aliphatic heterocycles. The summed E-state index contributed by atoms with van der Waals surface area (Å²) < 4.78 is 19.0. The smallest absolute Gasteiger partial charge is 0.409 e. The lowest BCUT2D eigenvalue weighted by Crippen LogP contribution is -2.52. The zero-order chi connectivity index (χ0) is 16.6. The average Bonchev–Trinajstić information content (AvgIpc) is 2.51. The van der Waals surface area contributed by atoms with Gasteiger partial charge in [-0.25, -0.2) is 14.2 Å². The number of rotatable bonds is 1. The Morgan fingerprint density at radius 1 is 1.52 bits per heavy atom. The number of amides is 1. The first-order chi connectivity index (χ1) is 11.0. The van der Waals surface area contributed by atoms with E-state index in [9.17, 15) is 9.18 Å². The third-order valence-electron chi connectivity index (χ3n) is 4.17. The van der Waals surface area contributed by atoms with Crippen molar-refractivity contribution in [2.45, 2.75) is 25.4 Å². The number of nitrogens with two attached hydrogens (primary N) is 1. The molecule has 8 heteroatoms. The van der Waals surface area contributed by atoms with Gasteiger partial charge in [0, 0.05) is 25.9 Å². The van der Waals surface area contributed by atoms with Crippen LogP contribution < -0.4 is 11.1 Å². The summed E-state index contributed by atoms with van der Waals surface area (Å²) in [7, 11) is 0. The second kappa shape index (κ2) is 5.88. The lowest BCUT2D eigenvalue weighted by Gasteiger charge is -2.42. The van der Waals surface area contributed by atoms with Gasteiger partial charge >= 0.3 is 6.09 Å². The van der Waals surface area contributed by atoms with E-state index in [0.717, 1.165) is 0 Å². The Hall–Kier alpha value is -2.02. The Bertz CT molecular complexity index is 672. The first kappa shape index (κ1) is 15.9. The molecule has 0 atom stereocenters. The lowest BCUT2D eigenvalue weighted by molar-refractivity contribution is 0.0906. The van der Waals surface area contributed by atoms with Gasteiger partial charge in [-0.2, -0.15) is 0 Å². The van der Waals surface area contributed by atoms with Crippen LogP contribution >= 0.6 is 11.6 Å². The number of hydrogen-bond donors (Lipinski definition) is 2. The molecule has 1 fully saturated rings. The molecule has 3 N–H and O–H groups in total. The SMILES string of the molecule is CCOC(=O)N1CCC2(CC1)N=C(N)c1c(F)ccc(Cl)c1N2. The molecular weight excluding hydrogens is 323 g/mol. The summed E-state index contributed by atoms with van der Waals surface area (Å²) in [6.45, 7) is 3.06. The maximum atomic E-state index is 14.0. The van der Waals surface area contributed by atoms with Gasteiger partial charge in [-0.3, -0.25) is 0 Å². The third-order valence-corrected chi connectivity index (χ3v) is 4.48. The molecular formula is C15H18ClFN4O2. The number of piperidine rings is 1. The largest absolute Gasteiger partial charge is 0.450 e. The molecule has 6 nitrogen and oxygen atoms in total. The number of carbonyl (C=O) groups excluding carboxylic acids is 1. The fourth-order valence-electron chi connectivity index (χ4n) is 2.98. The molecule has 0 unspecified atom stereocenters. The van der Waals surface area contributed by atoms with Crippen LogP contribution in [0.25, 0.3) is 0 Å². The fourth-order valence-corrected chi connectivity index (χ4v) is 3.19. The highest BCUT2D eigenvalue weighted by Gasteiger charge is 2.40. The first-order valence-corrected chi connectivity index (χ1v) is 7.87. The summed E-state index contributed by atoms with van der Waals surface area (Å²) in [5.41, 5.74) is 5.97. The molecule has 1 aromatic rings. The van der Waals surface area contributed by atoms with Gasteiger partial charge in [-0.05, 0) is 19.1 Å². The zero-order valence-electron chi connectivity index (χ0n) is 12.7. The number of halogens is 2. The highest BCUT2D eigenvalue weighted by atomic mass is 35.5. The Balaban J connectivity index is 1.83. The summed E-state index contributed by atoms with van der Waals surface area (Å²) >= 11 is 6.18. The number of aliphatic imine (C=N–C) groups is 1. The molecule has 2 heterocycles. The molecule has 0 aliphatic carbocycles. The van der Waals surface area contributed by atoms with Crippen molar-refractivity contribution in [1.29, 1.82) is 0 Å². The van der Waals surface area contributed by atoms with E-state index in [4.69, 9.17) is 22.1 Å². The number of ether oxygens (including phenoxy) is 1. The molecule has 2 aliphatic rings. The van der Waals surface area contributed by atoms with Gasteiger partial charge in [0.2, 0.25) is 0 Å². The zero-order valence-corrected chi connectivity index (χ0v) is 13.5. The second-order valence-electron chi connectivity index (χ2n) is 5.62. The van der Waals surface area contributed by atoms with Crippen molar-refractivity contribution in [2.24, 2.45) is 10.7 Å². The van der Waals surface area contributed by atoms with Gasteiger partial charge in [0.15, 0.2) is 0 Å². The quantitative estimate of drug-likeness (QED) is 0.823. The molecule has 1 amide bonds. The monoisotopic (exact) mass is 340 g/mol. The summed E-state index contributed by atoms with van der Waals surface area (Å²) in [6.07, 6.45) is 0.747. The number of amidine groups is 1. The van der Waals surface area contributed by atoms with Crippen LogP contribution in [0.15, 0.2) is 17.1 Å². The van der Waals surface area contributed by atoms with Crippen molar-refractivity contribution in [3.05, 3.63) is 28.5 Å². The first-order valence-electron chi connectivity index (χ1n) is 7.49. The maximum absolute atomic E-state index is 14.0. The number of likely N-dealkylation sites (tertiary alicyclic amines) is 1. The molecule has 0 aromatic heterocycles. The van der Waals surface area contributed by atoms with Gasteiger partial charge in [0.05, 0.1) is 22.9 Å². The highest BCUT2D eigenvalue weighted by molar-refractivity contribution is 6.34. The van der Waals surface area contributed by atoms with E-state index in [2.05, 4.69) is 10.3 Å². The van der Waals surface area contributed by atoms with Crippen molar-refractivity contribution in [2.75, 3.05) is 25.0 Å². The van der Waals surface area contributed by atoms with Crippen molar-refractivity contribution in [3.8, 4) is 0 Å². The Kier molecular flexibility index (Phi) is 4.06. The van der Waals surface area contributed by atoms with E-state index < -0.39 is 11.5 Å². The predicted molar refractivity (Wildman–Crippen MR) is 86.3 cm³/mol. The molecule has 23 heavy (non-hydrogen) atoms. The van der Waals surface area contributed by atoms with Gasteiger partial charge in [-0.1, -0.05) is 11.6 Å². The number of anilines is 1. The van der Waals surface area contributed by atoms with Crippen molar-refractivity contribution in [3.63, 3.8) is 0 Å². The van der Waals surface area contributed by atoms with Crippen molar-refractivity contribution in [1.82, 2.24) is 4.90 Å². The molecule has 1 saturated heterocycles. The van der Waals surface area contributed by atoms with Crippen LogP contribution in [-0.4, -0.2) is 42.2 Å². The number of nitrogens with one attached hydrogen (secondary N) is 1. The molecule has 3 rings (SSSR count). The van der Waals surface area contributed by atoms with Crippen LogP contribution in [0.3, 0.4) is 0 Å². The van der Waals surface area contributed by atoms with Crippen molar-refractivity contribution < 1.29 is 13.9 Å². The van der Waals surface area contributed by atoms with E-state index in [0.29, 0.717) is 43.2 Å². The fraction of sp³-hybridized carbons (Fsp3) is 0.467. The minimum atomic E-state index is -0.669. The number of benzene rings is 1. The van der Waals surface area contributed by atoms with Crippen LogP contribution in [0.4, 0.5) is 14.9 Å². The molecule has 0 bridgehead atoms. The summed E-state index contributed by atoms with van der Waals surface area (Å²) in [5, 5.41) is 3.62. The van der Waals surface area contributed by atoms with E-state index in [1.54, 1.807) is 11.8 Å². The number of hydrogen-bond acceptors (Lipinski definition) is 5. The predicted octanol–water partition coefficient (Wildman–Crippen LogP) is 2.56. The number of carbonyl (C=O) groups is 1. The van der Waals surface area contributed by atoms with Gasteiger partial charge in [0.25, 0.3) is 0 Å². The third kappa shape index (κ3) is 2.81. The standard InChI is InChI=1S/C15H18ClFN4O2/c1-2-23-14(22)21-7-5-15(6-8-21)19-12-9(16)3-4-10(17)11(12)13(18)20-15/h3-4,19H,2,5-8H2,1H3,(H2,18,20). The van der Waals surface area contributed by atoms with E-state index in [1.807, 2.05) is 0 Å². The molecule has 0 saturated carbocycles. The average molecular weight is 341 g/mol. The second-order valence-corrected chi connectivity index (χ2v) is 6.03. The van der Waals surface area contributed by atoms with Crippen LogP contribution in [0.1, 0.15) is 25.3 Å². The topological polar surface area (TPSA) is 80.0 Å². The van der Waals surface area contributed by atoms with Gasteiger partial charge in [0.1, 0.15) is 17.3 Å². The van der Waals surface area contributed by atoms with Gasteiger partial charge < -0.3 is 20.7 Å². The lowest BCUT2D eigenvalue weighted by atomic mass is 9.94. The summed E-state index contributed by atoms with van der Waals surface area (Å²) in [5.74, 6) is -0.333. The van der Waals surface area contributed by atoms with Crippen molar-refractivity contribution >= 4 is 29.2 Å².